The van der Waals surface area contributed by atoms with Crippen LogP contribution >= 0.6 is 15.9 Å². The summed E-state index contributed by atoms with van der Waals surface area (Å²) in [6, 6.07) is 5.22. The molecule has 0 saturated carbocycles. The zero-order chi connectivity index (χ0) is 16.1. The lowest BCUT2D eigenvalue weighted by atomic mass is 10.1. The summed E-state index contributed by atoms with van der Waals surface area (Å²) in [5, 5.41) is 8.50. The predicted molar refractivity (Wildman–Crippen MR) is 87.7 cm³/mol. The minimum atomic E-state index is -0.422. The zero-order valence-electron chi connectivity index (χ0n) is 12.6. The maximum absolute atomic E-state index is 12.0. The molecule has 2 rings (SSSR count). The van der Waals surface area contributed by atoms with Gasteiger partial charge < -0.3 is 20.7 Å². The van der Waals surface area contributed by atoms with Crippen LogP contribution in [0.5, 0.6) is 0 Å². The molecule has 120 valence electrons. The molecule has 0 aliphatic carbocycles. The number of rotatable bonds is 4. The lowest BCUT2D eigenvalue weighted by molar-refractivity contribution is -0.130. The van der Waals surface area contributed by atoms with Crippen LogP contribution in [0.2, 0.25) is 0 Å². The van der Waals surface area contributed by atoms with Crippen molar-refractivity contribution in [1.82, 2.24) is 10.6 Å². The standard InChI is InChI=1S/C15H20BrN3O3/c1-9-3-4-11(16)7-12(9)19-13(20)8-18-15(21)14-10(2)22-6-5-17-14/h3-4,7,10,14,17H,5-6,8H2,1-2H3,(H,18,21)(H,19,20)/t10-,14+/m1/s1. The summed E-state index contributed by atoms with van der Waals surface area (Å²) in [5.74, 6) is -0.493. The van der Waals surface area contributed by atoms with Crippen molar-refractivity contribution < 1.29 is 14.3 Å². The van der Waals surface area contributed by atoms with Gasteiger partial charge in [-0.25, -0.2) is 0 Å². The number of hydrogen-bond acceptors (Lipinski definition) is 4. The second-order valence-corrected chi connectivity index (χ2v) is 6.15. The Morgan fingerprint density at radius 1 is 1.45 bits per heavy atom. The summed E-state index contributed by atoms with van der Waals surface area (Å²) in [5.41, 5.74) is 1.68. The van der Waals surface area contributed by atoms with Gasteiger partial charge in [0.25, 0.3) is 0 Å². The minimum Gasteiger partial charge on any atom is -0.375 e. The van der Waals surface area contributed by atoms with Gasteiger partial charge in [0.2, 0.25) is 11.8 Å². The first kappa shape index (κ1) is 16.9. The number of amides is 2. The molecule has 0 aromatic heterocycles. The number of aryl methyl sites for hydroxylation is 1. The maximum Gasteiger partial charge on any atom is 0.243 e. The molecule has 0 bridgehead atoms. The average molecular weight is 370 g/mol. The van der Waals surface area contributed by atoms with Crippen LogP contribution in [0.4, 0.5) is 5.69 Å². The summed E-state index contributed by atoms with van der Waals surface area (Å²) in [6.07, 6.45) is -0.205. The third-order valence-corrected chi connectivity index (χ3v) is 3.99. The summed E-state index contributed by atoms with van der Waals surface area (Å²) in [4.78, 5) is 24.0. The van der Waals surface area contributed by atoms with E-state index in [-0.39, 0.29) is 24.5 Å². The molecule has 0 unspecified atom stereocenters. The van der Waals surface area contributed by atoms with Gasteiger partial charge in [0, 0.05) is 16.7 Å². The van der Waals surface area contributed by atoms with Crippen molar-refractivity contribution in [3.05, 3.63) is 28.2 Å². The van der Waals surface area contributed by atoms with Gasteiger partial charge in [-0.05, 0) is 31.5 Å². The lowest BCUT2D eigenvalue weighted by Gasteiger charge is -2.29. The Labute approximate surface area is 138 Å². The molecule has 1 fully saturated rings. The van der Waals surface area contributed by atoms with Crippen LogP contribution < -0.4 is 16.0 Å². The average Bonchev–Trinajstić information content (AvgIpc) is 2.49. The highest BCUT2D eigenvalue weighted by atomic mass is 79.9. The molecule has 0 spiro atoms. The molecular formula is C15H20BrN3O3. The SMILES string of the molecule is Cc1ccc(Br)cc1NC(=O)CNC(=O)[C@H]1NCCO[C@@H]1C. The lowest BCUT2D eigenvalue weighted by Crippen LogP contribution is -2.56. The van der Waals surface area contributed by atoms with Crippen molar-refractivity contribution >= 4 is 33.4 Å². The summed E-state index contributed by atoms with van der Waals surface area (Å²) in [6.45, 7) is 4.89. The van der Waals surface area contributed by atoms with Crippen molar-refractivity contribution in [3.63, 3.8) is 0 Å². The van der Waals surface area contributed by atoms with E-state index in [1.54, 1.807) is 0 Å². The molecule has 1 aromatic rings. The Morgan fingerprint density at radius 3 is 2.95 bits per heavy atom. The van der Waals surface area contributed by atoms with Gasteiger partial charge in [-0.15, -0.1) is 0 Å². The summed E-state index contributed by atoms with van der Waals surface area (Å²) >= 11 is 3.36. The zero-order valence-corrected chi connectivity index (χ0v) is 14.2. The summed E-state index contributed by atoms with van der Waals surface area (Å²) < 4.78 is 6.30. The summed E-state index contributed by atoms with van der Waals surface area (Å²) in [7, 11) is 0. The van der Waals surface area contributed by atoms with E-state index in [9.17, 15) is 9.59 Å². The minimum absolute atomic E-state index is 0.0737. The fourth-order valence-corrected chi connectivity index (χ4v) is 2.59. The largest absolute Gasteiger partial charge is 0.375 e. The molecule has 3 N–H and O–H groups in total. The van der Waals surface area contributed by atoms with Crippen molar-refractivity contribution in [1.29, 1.82) is 0 Å². The Hall–Kier alpha value is -1.44. The normalized spacial score (nSPS) is 21.2. The molecule has 1 aliphatic rings. The van der Waals surface area contributed by atoms with Crippen LogP contribution in [0.25, 0.3) is 0 Å². The molecule has 0 radical (unpaired) electrons. The van der Waals surface area contributed by atoms with E-state index in [2.05, 4.69) is 31.9 Å². The number of carbonyl (C=O) groups excluding carboxylic acids is 2. The number of benzene rings is 1. The van der Waals surface area contributed by atoms with Gasteiger partial charge in [0.15, 0.2) is 0 Å². The molecular weight excluding hydrogens is 350 g/mol. The van der Waals surface area contributed by atoms with Gasteiger partial charge >= 0.3 is 0 Å². The van der Waals surface area contributed by atoms with Crippen LogP contribution in [-0.4, -0.2) is 43.7 Å². The fourth-order valence-electron chi connectivity index (χ4n) is 2.23. The Bertz CT molecular complexity index is 565. The van der Waals surface area contributed by atoms with E-state index in [0.29, 0.717) is 13.2 Å². The molecule has 2 amide bonds. The highest BCUT2D eigenvalue weighted by Crippen LogP contribution is 2.20. The van der Waals surface area contributed by atoms with Crippen molar-refractivity contribution in [2.45, 2.75) is 26.0 Å². The number of ether oxygens (including phenoxy) is 1. The predicted octanol–water partition coefficient (Wildman–Crippen LogP) is 1.19. The highest BCUT2D eigenvalue weighted by molar-refractivity contribution is 9.10. The topological polar surface area (TPSA) is 79.5 Å². The van der Waals surface area contributed by atoms with Gasteiger partial charge in [0.05, 0.1) is 19.3 Å². The van der Waals surface area contributed by atoms with Gasteiger partial charge in [0.1, 0.15) is 6.04 Å². The molecule has 6 nitrogen and oxygen atoms in total. The van der Waals surface area contributed by atoms with Crippen molar-refractivity contribution in [2.24, 2.45) is 0 Å². The van der Waals surface area contributed by atoms with E-state index in [1.165, 1.54) is 0 Å². The number of morpholine rings is 1. The monoisotopic (exact) mass is 369 g/mol. The van der Waals surface area contributed by atoms with E-state index in [4.69, 9.17) is 4.74 Å². The molecule has 1 aliphatic heterocycles. The van der Waals surface area contributed by atoms with Crippen LogP contribution in [0, 0.1) is 6.92 Å². The van der Waals surface area contributed by atoms with E-state index in [0.717, 1.165) is 15.7 Å². The van der Waals surface area contributed by atoms with Crippen LogP contribution in [0.15, 0.2) is 22.7 Å². The molecule has 2 atom stereocenters. The van der Waals surface area contributed by atoms with Crippen molar-refractivity contribution in [2.75, 3.05) is 25.0 Å². The second kappa shape index (κ2) is 7.71. The Balaban J connectivity index is 1.84. The molecule has 1 heterocycles. The Morgan fingerprint density at radius 2 is 2.23 bits per heavy atom. The number of anilines is 1. The van der Waals surface area contributed by atoms with E-state index >= 15 is 0 Å². The highest BCUT2D eigenvalue weighted by Gasteiger charge is 2.28. The first-order chi connectivity index (χ1) is 10.5. The van der Waals surface area contributed by atoms with Crippen LogP contribution in [-0.2, 0) is 14.3 Å². The fraction of sp³-hybridized carbons (Fsp3) is 0.467. The van der Waals surface area contributed by atoms with Crippen molar-refractivity contribution in [3.8, 4) is 0 Å². The van der Waals surface area contributed by atoms with Crippen LogP contribution in [0.3, 0.4) is 0 Å². The van der Waals surface area contributed by atoms with E-state index < -0.39 is 6.04 Å². The maximum atomic E-state index is 12.0. The molecule has 1 saturated heterocycles. The number of carbonyl (C=O) groups is 2. The third-order valence-electron chi connectivity index (χ3n) is 3.50. The smallest absolute Gasteiger partial charge is 0.243 e. The van der Waals surface area contributed by atoms with E-state index in [1.807, 2.05) is 32.0 Å². The first-order valence-corrected chi connectivity index (χ1v) is 7.95. The van der Waals surface area contributed by atoms with Crippen LogP contribution in [0.1, 0.15) is 12.5 Å². The van der Waals surface area contributed by atoms with Gasteiger partial charge in [-0.1, -0.05) is 22.0 Å². The number of nitrogens with one attached hydrogen (secondary N) is 3. The second-order valence-electron chi connectivity index (χ2n) is 5.23. The first-order valence-electron chi connectivity index (χ1n) is 7.16. The molecule has 22 heavy (non-hydrogen) atoms. The molecule has 7 heteroatoms. The number of halogens is 1. The van der Waals surface area contributed by atoms with Gasteiger partial charge in [-0.3, -0.25) is 9.59 Å². The van der Waals surface area contributed by atoms with Gasteiger partial charge in [-0.2, -0.15) is 0 Å². The Kier molecular flexibility index (Phi) is 5.93. The third kappa shape index (κ3) is 4.53. The number of hydrogen-bond donors (Lipinski definition) is 3. The molecule has 1 aromatic carbocycles. The quantitative estimate of drug-likeness (QED) is 0.744.